The predicted molar refractivity (Wildman–Crippen MR) is 82.4 cm³/mol. The second-order valence-corrected chi connectivity index (χ2v) is 6.16. The van der Waals surface area contributed by atoms with Gasteiger partial charge in [-0.2, -0.15) is 5.26 Å². The van der Waals surface area contributed by atoms with Gasteiger partial charge in [-0.25, -0.2) is 4.39 Å². The van der Waals surface area contributed by atoms with E-state index in [0.29, 0.717) is 18.5 Å². The lowest BCUT2D eigenvalue weighted by Gasteiger charge is -2.51. The van der Waals surface area contributed by atoms with Crippen molar-refractivity contribution in [3.8, 4) is 6.07 Å². The minimum Gasteiger partial charge on any atom is -0.446 e. The van der Waals surface area contributed by atoms with Crippen LogP contribution in [0, 0.1) is 23.1 Å². The Balaban J connectivity index is 2.13. The van der Waals surface area contributed by atoms with Gasteiger partial charge in [-0.1, -0.05) is 12.1 Å². The molecule has 0 aliphatic carbocycles. The Kier molecular flexibility index (Phi) is 4.00. The van der Waals surface area contributed by atoms with Crippen LogP contribution in [0.3, 0.4) is 0 Å². The third kappa shape index (κ3) is 2.56. The third-order valence-electron chi connectivity index (χ3n) is 4.87. The van der Waals surface area contributed by atoms with E-state index in [2.05, 4.69) is 11.0 Å². The molecule has 0 saturated carbocycles. The average molecular weight is 317 g/mol. The minimum atomic E-state index is -0.851. The van der Waals surface area contributed by atoms with Crippen molar-refractivity contribution in [3.05, 3.63) is 47.1 Å². The van der Waals surface area contributed by atoms with E-state index in [4.69, 9.17) is 15.2 Å². The molecule has 1 fully saturated rings. The minimum absolute atomic E-state index is 0.0985. The fourth-order valence-electron chi connectivity index (χ4n) is 3.67. The highest BCUT2D eigenvalue weighted by atomic mass is 19.1. The molecule has 6 heteroatoms. The van der Waals surface area contributed by atoms with Crippen molar-refractivity contribution in [2.24, 2.45) is 11.7 Å². The van der Waals surface area contributed by atoms with Crippen molar-refractivity contribution >= 4 is 0 Å². The number of hydrogen-bond acceptors (Lipinski definition) is 5. The van der Waals surface area contributed by atoms with Crippen LogP contribution >= 0.6 is 0 Å². The van der Waals surface area contributed by atoms with Gasteiger partial charge in [0.15, 0.2) is 0 Å². The Morgan fingerprint density at radius 3 is 2.74 bits per heavy atom. The van der Waals surface area contributed by atoms with Crippen LogP contribution < -0.4 is 5.73 Å². The highest BCUT2D eigenvalue weighted by Crippen LogP contribution is 2.49. The largest absolute Gasteiger partial charge is 0.446 e. The molecule has 0 bridgehead atoms. The molecule has 0 amide bonds. The molecule has 0 unspecified atom stereocenters. The van der Waals surface area contributed by atoms with E-state index in [1.54, 1.807) is 19.2 Å². The molecular formula is C17H20FN3O2. The van der Waals surface area contributed by atoms with Gasteiger partial charge in [0.25, 0.3) is 0 Å². The molecular weight excluding hydrogens is 297 g/mol. The van der Waals surface area contributed by atoms with Crippen molar-refractivity contribution in [2.45, 2.75) is 18.1 Å². The Hall–Kier alpha value is -2.10. The predicted octanol–water partition coefficient (Wildman–Crippen LogP) is 1.93. The smallest absolute Gasteiger partial charge is 0.218 e. The van der Waals surface area contributed by atoms with Crippen LogP contribution in [0.15, 0.2) is 35.7 Å². The number of halogens is 1. The van der Waals surface area contributed by atoms with Crippen molar-refractivity contribution in [1.29, 1.82) is 5.26 Å². The Bertz CT molecular complexity index is 667. The maximum atomic E-state index is 13.3. The van der Waals surface area contributed by atoms with Crippen molar-refractivity contribution in [2.75, 3.05) is 27.2 Å². The fraction of sp³-hybridized carbons (Fsp3) is 0.471. The molecule has 0 aromatic heterocycles. The normalized spacial score (nSPS) is 31.2. The number of allylic oxidation sites excluding steroid dienone is 1. The Morgan fingerprint density at radius 1 is 1.43 bits per heavy atom. The maximum absolute atomic E-state index is 13.3. The van der Waals surface area contributed by atoms with Gasteiger partial charge in [-0.05, 0) is 24.7 Å². The second kappa shape index (κ2) is 5.84. The molecule has 5 nitrogen and oxygen atoms in total. The van der Waals surface area contributed by atoms with Crippen LogP contribution in [-0.4, -0.2) is 37.9 Å². The zero-order valence-corrected chi connectivity index (χ0v) is 13.3. The molecule has 2 heterocycles. The molecule has 23 heavy (non-hydrogen) atoms. The Morgan fingerprint density at radius 2 is 2.13 bits per heavy atom. The molecule has 1 saturated heterocycles. The molecule has 3 atom stereocenters. The number of piperidine rings is 1. The van der Waals surface area contributed by atoms with Gasteiger partial charge >= 0.3 is 0 Å². The standard InChI is InChI=1S/C17H20FN3O2/c1-21-8-7-17(22-2)14(10-21)15(13(9-19)16(20)23-17)11-3-5-12(18)6-4-11/h3-6,14-15H,7-8,10,20H2,1-2H3/t14-,15+,17+/m0/s1. The molecule has 3 rings (SSSR count). The Labute approximate surface area is 135 Å². The SMILES string of the molecule is CO[C@@]12CCN(C)C[C@H]1[C@H](c1ccc(F)cc1)C(C#N)=C(N)O2. The summed E-state index contributed by atoms with van der Waals surface area (Å²) in [5, 5.41) is 9.56. The molecule has 0 spiro atoms. The number of hydrogen-bond donors (Lipinski definition) is 1. The molecule has 2 aliphatic heterocycles. The number of rotatable bonds is 2. The number of ether oxygens (including phenoxy) is 2. The topological polar surface area (TPSA) is 71.5 Å². The van der Waals surface area contributed by atoms with Gasteiger partial charge in [0.2, 0.25) is 11.7 Å². The van der Waals surface area contributed by atoms with Crippen LogP contribution in [-0.2, 0) is 9.47 Å². The van der Waals surface area contributed by atoms with Gasteiger partial charge < -0.3 is 20.1 Å². The van der Waals surface area contributed by atoms with Crippen molar-refractivity contribution in [1.82, 2.24) is 4.90 Å². The summed E-state index contributed by atoms with van der Waals surface area (Å²) in [7, 11) is 3.62. The van der Waals surface area contributed by atoms with Gasteiger partial charge in [0.05, 0.1) is 5.57 Å². The first kappa shape index (κ1) is 15.8. The second-order valence-electron chi connectivity index (χ2n) is 6.16. The van der Waals surface area contributed by atoms with Crippen molar-refractivity contribution in [3.63, 3.8) is 0 Å². The van der Waals surface area contributed by atoms with Crippen LogP contribution in [0.1, 0.15) is 17.9 Å². The molecule has 2 N–H and O–H groups in total. The van der Waals surface area contributed by atoms with E-state index in [1.807, 2.05) is 7.05 Å². The first-order valence-electron chi connectivity index (χ1n) is 7.58. The van der Waals surface area contributed by atoms with E-state index in [9.17, 15) is 9.65 Å². The lowest BCUT2D eigenvalue weighted by atomic mass is 9.72. The summed E-state index contributed by atoms with van der Waals surface area (Å²) < 4.78 is 24.9. The first-order valence-corrected chi connectivity index (χ1v) is 7.58. The van der Waals surface area contributed by atoms with Crippen LogP contribution in [0.4, 0.5) is 4.39 Å². The zero-order valence-electron chi connectivity index (χ0n) is 13.3. The summed E-state index contributed by atoms with van der Waals surface area (Å²) in [4.78, 5) is 2.18. The van der Waals surface area contributed by atoms with Crippen LogP contribution in [0.2, 0.25) is 0 Å². The van der Waals surface area contributed by atoms with Gasteiger partial charge in [0, 0.05) is 38.5 Å². The van der Waals surface area contributed by atoms with Crippen LogP contribution in [0.25, 0.3) is 0 Å². The summed E-state index contributed by atoms with van der Waals surface area (Å²) >= 11 is 0. The molecule has 2 aliphatic rings. The zero-order chi connectivity index (χ0) is 16.6. The summed E-state index contributed by atoms with van der Waals surface area (Å²) in [5.74, 6) is -1.44. The summed E-state index contributed by atoms with van der Waals surface area (Å²) in [5.41, 5.74) is 7.24. The molecule has 122 valence electrons. The molecule has 0 radical (unpaired) electrons. The quantitative estimate of drug-likeness (QED) is 0.902. The fourth-order valence-corrected chi connectivity index (χ4v) is 3.67. The van der Waals surface area contributed by atoms with E-state index >= 15 is 0 Å². The summed E-state index contributed by atoms with van der Waals surface area (Å²) in [6.45, 7) is 1.52. The van der Waals surface area contributed by atoms with Crippen LogP contribution in [0.5, 0.6) is 0 Å². The third-order valence-corrected chi connectivity index (χ3v) is 4.87. The first-order chi connectivity index (χ1) is 11.0. The lowest BCUT2D eigenvalue weighted by molar-refractivity contribution is -0.264. The number of fused-ring (bicyclic) bond motifs is 1. The monoisotopic (exact) mass is 317 g/mol. The van der Waals surface area contributed by atoms with Gasteiger partial charge in [0.1, 0.15) is 11.9 Å². The maximum Gasteiger partial charge on any atom is 0.218 e. The summed E-state index contributed by atoms with van der Waals surface area (Å²) in [6, 6.07) is 8.37. The number of likely N-dealkylation sites (tertiary alicyclic amines) is 1. The highest BCUT2D eigenvalue weighted by Gasteiger charge is 2.54. The highest BCUT2D eigenvalue weighted by molar-refractivity contribution is 5.41. The summed E-state index contributed by atoms with van der Waals surface area (Å²) in [6.07, 6.45) is 0.655. The average Bonchev–Trinajstić information content (AvgIpc) is 2.55. The van der Waals surface area contributed by atoms with Gasteiger partial charge in [-0.3, -0.25) is 0 Å². The van der Waals surface area contributed by atoms with E-state index in [0.717, 1.165) is 12.1 Å². The lowest BCUT2D eigenvalue weighted by Crippen LogP contribution is -2.58. The van der Waals surface area contributed by atoms with E-state index < -0.39 is 5.79 Å². The number of nitrogens with two attached hydrogens (primary N) is 1. The van der Waals surface area contributed by atoms with Gasteiger partial charge in [-0.15, -0.1) is 0 Å². The molecule has 1 aromatic carbocycles. The van der Waals surface area contributed by atoms with E-state index in [-0.39, 0.29) is 23.5 Å². The number of nitriles is 1. The van der Waals surface area contributed by atoms with Crippen molar-refractivity contribution < 1.29 is 13.9 Å². The number of methoxy groups -OCH3 is 1. The number of benzene rings is 1. The number of nitrogens with zero attached hydrogens (tertiary/aromatic N) is 2. The van der Waals surface area contributed by atoms with E-state index in [1.165, 1.54) is 12.1 Å². The molecule has 1 aromatic rings.